The zero-order chi connectivity index (χ0) is 21.1. The second kappa shape index (κ2) is 8.70. The van der Waals surface area contributed by atoms with E-state index >= 15 is 0 Å². The minimum absolute atomic E-state index is 0.0242. The first-order valence-corrected chi connectivity index (χ1v) is 10.8. The maximum Gasteiger partial charge on any atom is 0.247 e. The number of nitrogens with one attached hydrogen (secondary N) is 1. The van der Waals surface area contributed by atoms with Crippen LogP contribution in [0.1, 0.15) is 47.9 Å². The molecule has 0 aromatic carbocycles. The highest BCUT2D eigenvalue weighted by atomic mass is 32.1. The standard InChI is InChI=1S/C20H24N8OS/c1-4-18-25-26-20(30-18)24-17-10-15(22-13(2)23-17)16-6-5-9-28(16)19(29)8-7-14-11-21-27(3)12-14/h7-8,10-12,16H,4-6,9H2,1-3H3,(H,22,23,24,26)/b8-7+/t16-/m1/s1. The number of hydrogen-bond donors (Lipinski definition) is 1. The molecule has 4 heterocycles. The molecule has 1 fully saturated rings. The van der Waals surface area contributed by atoms with Crippen molar-refractivity contribution in [3.05, 3.63) is 46.6 Å². The average Bonchev–Trinajstić information content (AvgIpc) is 3.46. The molecule has 0 bridgehead atoms. The number of amides is 1. The molecule has 3 aromatic heterocycles. The van der Waals surface area contributed by atoms with Crippen LogP contribution in [-0.2, 0) is 18.3 Å². The van der Waals surface area contributed by atoms with Crippen LogP contribution in [0, 0.1) is 6.92 Å². The second-order valence-corrected chi connectivity index (χ2v) is 8.24. The van der Waals surface area contributed by atoms with Crippen molar-refractivity contribution in [2.45, 2.75) is 39.2 Å². The molecule has 1 aliphatic rings. The first kappa shape index (κ1) is 20.1. The minimum atomic E-state index is -0.0704. The number of nitrogens with zero attached hydrogens (tertiary/aromatic N) is 7. The van der Waals surface area contributed by atoms with Crippen LogP contribution >= 0.6 is 11.3 Å². The predicted octanol–water partition coefficient (Wildman–Crippen LogP) is 3.05. The smallest absolute Gasteiger partial charge is 0.247 e. The lowest BCUT2D eigenvalue weighted by Gasteiger charge is -2.23. The monoisotopic (exact) mass is 424 g/mol. The molecule has 0 radical (unpaired) electrons. The third-order valence-corrected chi connectivity index (χ3v) is 5.87. The number of carbonyl (C=O) groups excluding carboxylic acids is 1. The molecule has 9 nitrogen and oxygen atoms in total. The Labute approximate surface area is 178 Å². The lowest BCUT2D eigenvalue weighted by molar-refractivity contribution is -0.126. The van der Waals surface area contributed by atoms with Gasteiger partial charge in [-0.3, -0.25) is 9.48 Å². The summed E-state index contributed by atoms with van der Waals surface area (Å²) in [5, 5.41) is 17.3. The van der Waals surface area contributed by atoms with E-state index in [0.717, 1.165) is 35.5 Å². The van der Waals surface area contributed by atoms with E-state index in [4.69, 9.17) is 0 Å². The van der Waals surface area contributed by atoms with Crippen LogP contribution in [0.25, 0.3) is 6.08 Å². The fraction of sp³-hybridized carbons (Fsp3) is 0.400. The predicted molar refractivity (Wildman–Crippen MR) is 115 cm³/mol. The Kier molecular flexibility index (Phi) is 5.84. The molecule has 0 unspecified atom stereocenters. The summed E-state index contributed by atoms with van der Waals surface area (Å²) in [5.74, 6) is 1.30. The number of aromatic nitrogens is 6. The maximum atomic E-state index is 12.8. The van der Waals surface area contributed by atoms with E-state index in [2.05, 4.69) is 30.6 Å². The van der Waals surface area contributed by atoms with Crippen molar-refractivity contribution >= 4 is 34.3 Å². The van der Waals surface area contributed by atoms with Crippen molar-refractivity contribution < 1.29 is 4.79 Å². The van der Waals surface area contributed by atoms with Gasteiger partial charge < -0.3 is 10.2 Å². The molecule has 10 heteroatoms. The number of anilines is 2. The Morgan fingerprint density at radius 2 is 2.23 bits per heavy atom. The van der Waals surface area contributed by atoms with Gasteiger partial charge in [-0.25, -0.2) is 9.97 Å². The van der Waals surface area contributed by atoms with Crippen molar-refractivity contribution in [1.29, 1.82) is 0 Å². The lowest BCUT2D eigenvalue weighted by Crippen LogP contribution is -2.29. The summed E-state index contributed by atoms with van der Waals surface area (Å²) in [5.41, 5.74) is 1.74. The minimum Gasteiger partial charge on any atom is -0.331 e. The van der Waals surface area contributed by atoms with E-state index in [1.807, 2.05) is 38.1 Å². The van der Waals surface area contributed by atoms with Gasteiger partial charge in [-0.1, -0.05) is 18.3 Å². The summed E-state index contributed by atoms with van der Waals surface area (Å²) in [6, 6.07) is 1.83. The van der Waals surface area contributed by atoms with Crippen molar-refractivity contribution in [1.82, 2.24) is 34.8 Å². The normalized spacial score (nSPS) is 16.5. The first-order valence-electron chi connectivity index (χ1n) is 9.94. The van der Waals surface area contributed by atoms with E-state index < -0.39 is 0 Å². The van der Waals surface area contributed by atoms with Gasteiger partial charge in [-0.15, -0.1) is 10.2 Å². The van der Waals surface area contributed by atoms with Gasteiger partial charge in [0.2, 0.25) is 11.0 Å². The average molecular weight is 425 g/mol. The van der Waals surface area contributed by atoms with Crippen LogP contribution in [0.2, 0.25) is 0 Å². The van der Waals surface area contributed by atoms with E-state index in [0.29, 0.717) is 23.3 Å². The van der Waals surface area contributed by atoms with Gasteiger partial charge in [0.15, 0.2) is 0 Å². The van der Waals surface area contributed by atoms with Crippen molar-refractivity contribution in [2.75, 3.05) is 11.9 Å². The molecule has 30 heavy (non-hydrogen) atoms. The number of rotatable bonds is 6. The third kappa shape index (κ3) is 4.54. The topological polar surface area (TPSA) is 102 Å². The SMILES string of the molecule is CCc1nnc(Nc2cc([C@H]3CCCN3C(=O)/C=C/c3cnn(C)c3)nc(C)n2)s1. The molecule has 156 valence electrons. The molecule has 1 aliphatic heterocycles. The van der Waals surface area contributed by atoms with E-state index in [1.165, 1.54) is 11.3 Å². The molecule has 1 saturated heterocycles. The summed E-state index contributed by atoms with van der Waals surface area (Å²) >= 11 is 1.51. The molecular weight excluding hydrogens is 400 g/mol. The van der Waals surface area contributed by atoms with Gasteiger partial charge in [-0.2, -0.15) is 5.10 Å². The van der Waals surface area contributed by atoms with Crippen LogP contribution in [0.5, 0.6) is 0 Å². The highest BCUT2D eigenvalue weighted by Crippen LogP contribution is 2.32. The van der Waals surface area contributed by atoms with Gasteiger partial charge in [0.05, 0.1) is 17.9 Å². The van der Waals surface area contributed by atoms with Crippen molar-refractivity contribution in [2.24, 2.45) is 7.05 Å². The second-order valence-electron chi connectivity index (χ2n) is 7.18. The molecule has 1 atom stereocenters. The van der Waals surface area contributed by atoms with Crippen LogP contribution in [-0.4, -0.2) is 47.3 Å². The van der Waals surface area contributed by atoms with E-state index in [1.54, 1.807) is 23.0 Å². The Hall–Kier alpha value is -3.14. The largest absolute Gasteiger partial charge is 0.331 e. The number of likely N-dealkylation sites (tertiary alicyclic amines) is 1. The maximum absolute atomic E-state index is 12.8. The summed E-state index contributed by atoms with van der Waals surface area (Å²) in [6.45, 7) is 4.62. The molecule has 3 aromatic rings. The summed E-state index contributed by atoms with van der Waals surface area (Å²) in [4.78, 5) is 23.8. The Morgan fingerprint density at radius 1 is 1.37 bits per heavy atom. The zero-order valence-electron chi connectivity index (χ0n) is 17.2. The molecule has 0 spiro atoms. The molecule has 1 N–H and O–H groups in total. The van der Waals surface area contributed by atoms with Crippen LogP contribution in [0.3, 0.4) is 0 Å². The van der Waals surface area contributed by atoms with E-state index in [-0.39, 0.29) is 11.9 Å². The quantitative estimate of drug-likeness (QED) is 0.607. The molecular formula is C20H24N8OS. The molecule has 1 amide bonds. The number of carbonyl (C=O) groups is 1. The van der Waals surface area contributed by atoms with Crippen molar-refractivity contribution in [3.63, 3.8) is 0 Å². The first-order chi connectivity index (χ1) is 14.5. The summed E-state index contributed by atoms with van der Waals surface area (Å²) in [7, 11) is 1.85. The molecule has 0 aliphatic carbocycles. The van der Waals surface area contributed by atoms with Gasteiger partial charge in [0, 0.05) is 37.5 Å². The Bertz CT molecular complexity index is 1070. The number of hydrogen-bond acceptors (Lipinski definition) is 8. The Morgan fingerprint density at radius 3 is 2.97 bits per heavy atom. The number of aryl methyl sites for hydroxylation is 3. The highest BCUT2D eigenvalue weighted by molar-refractivity contribution is 7.15. The highest BCUT2D eigenvalue weighted by Gasteiger charge is 2.30. The lowest BCUT2D eigenvalue weighted by atomic mass is 10.1. The van der Waals surface area contributed by atoms with Crippen LogP contribution in [0.4, 0.5) is 10.9 Å². The summed E-state index contributed by atoms with van der Waals surface area (Å²) in [6.07, 6.45) is 9.67. The molecule has 4 rings (SSSR count). The van der Waals surface area contributed by atoms with Crippen LogP contribution < -0.4 is 5.32 Å². The van der Waals surface area contributed by atoms with Gasteiger partial charge in [-0.05, 0) is 32.3 Å². The van der Waals surface area contributed by atoms with Crippen LogP contribution in [0.15, 0.2) is 24.5 Å². The third-order valence-electron chi connectivity index (χ3n) is 4.88. The zero-order valence-corrected chi connectivity index (χ0v) is 18.1. The van der Waals surface area contributed by atoms with Gasteiger partial charge >= 0.3 is 0 Å². The van der Waals surface area contributed by atoms with Crippen molar-refractivity contribution in [3.8, 4) is 0 Å². The Balaban J connectivity index is 1.52. The van der Waals surface area contributed by atoms with E-state index in [9.17, 15) is 4.79 Å². The fourth-order valence-electron chi connectivity index (χ4n) is 3.51. The van der Waals surface area contributed by atoms with Gasteiger partial charge in [0.25, 0.3) is 0 Å². The molecule has 0 saturated carbocycles. The summed E-state index contributed by atoms with van der Waals surface area (Å²) < 4.78 is 1.71. The van der Waals surface area contributed by atoms with Gasteiger partial charge in [0.1, 0.15) is 16.6 Å². The fourth-order valence-corrected chi connectivity index (χ4v) is 4.20.